The van der Waals surface area contributed by atoms with Crippen molar-refractivity contribution in [2.75, 3.05) is 43.1 Å². The molecule has 0 saturated heterocycles. The summed E-state index contributed by atoms with van der Waals surface area (Å²) in [7, 11) is 3.80. The van der Waals surface area contributed by atoms with Gasteiger partial charge < -0.3 is 10.0 Å². The van der Waals surface area contributed by atoms with E-state index in [4.69, 9.17) is 0 Å². The first-order valence-corrected chi connectivity index (χ1v) is 10.5. The molecule has 6 nitrogen and oxygen atoms in total. The molecule has 1 aliphatic rings. The van der Waals surface area contributed by atoms with Crippen LogP contribution in [0.4, 0.5) is 15.8 Å². The molecule has 0 radical (unpaired) electrons. The van der Waals surface area contributed by atoms with Crippen LogP contribution in [0.25, 0.3) is 0 Å². The summed E-state index contributed by atoms with van der Waals surface area (Å²) in [5, 5.41) is 12.8. The van der Waals surface area contributed by atoms with Gasteiger partial charge in [-0.15, -0.1) is 0 Å². The molecule has 154 valence electrons. The van der Waals surface area contributed by atoms with Gasteiger partial charge in [0.1, 0.15) is 23.2 Å². The van der Waals surface area contributed by atoms with Crippen LogP contribution in [0.15, 0.2) is 51.6 Å². The van der Waals surface area contributed by atoms with Crippen LogP contribution in [0.1, 0.15) is 20.3 Å². The highest BCUT2D eigenvalue weighted by Crippen LogP contribution is 2.25. The first-order chi connectivity index (χ1) is 14.0. The quantitative estimate of drug-likeness (QED) is 0.354. The van der Waals surface area contributed by atoms with Crippen molar-refractivity contribution in [1.82, 2.24) is 4.90 Å². The van der Waals surface area contributed by atoms with E-state index >= 15 is 0 Å². The maximum atomic E-state index is 14.4. The van der Waals surface area contributed by atoms with Crippen LogP contribution in [0.2, 0.25) is 0 Å². The van der Waals surface area contributed by atoms with Crippen LogP contribution in [-0.4, -0.2) is 49.4 Å². The van der Waals surface area contributed by atoms with Crippen molar-refractivity contribution < 1.29 is 4.39 Å². The summed E-state index contributed by atoms with van der Waals surface area (Å²) >= 11 is 1.57. The Morgan fingerprint density at radius 1 is 1.21 bits per heavy atom. The summed E-state index contributed by atoms with van der Waals surface area (Å²) in [5.74, 6) is 0.562. The standard InChI is InChI=1S/C21H27FN6S/c1-5-11-29-27-15-7-8-17(22)20(12-15)26-18-9-10-19(24-6-2)21(16(18)13-23)25-14-28(3)4/h7-10,12,26-27H,5-6,11,14H2,1-4H3/b24-19?,25-21-. The van der Waals surface area contributed by atoms with Gasteiger partial charge in [-0.3, -0.25) is 14.9 Å². The van der Waals surface area contributed by atoms with E-state index in [0.29, 0.717) is 41.6 Å². The molecule has 29 heavy (non-hydrogen) atoms. The molecular weight excluding hydrogens is 387 g/mol. The van der Waals surface area contributed by atoms with Gasteiger partial charge in [0.25, 0.3) is 0 Å². The maximum Gasteiger partial charge on any atom is 0.146 e. The summed E-state index contributed by atoms with van der Waals surface area (Å²) in [5.41, 5.74) is 3.10. The fourth-order valence-corrected chi connectivity index (χ4v) is 3.13. The molecule has 1 aliphatic carbocycles. The highest BCUT2D eigenvalue weighted by atomic mass is 32.2. The Bertz CT molecular complexity index is 880. The zero-order chi connectivity index (χ0) is 21.2. The van der Waals surface area contributed by atoms with Crippen molar-refractivity contribution in [2.45, 2.75) is 20.3 Å². The van der Waals surface area contributed by atoms with Crippen LogP contribution in [0.3, 0.4) is 0 Å². The van der Waals surface area contributed by atoms with Crippen molar-refractivity contribution in [2.24, 2.45) is 9.98 Å². The minimum Gasteiger partial charge on any atom is -0.352 e. The van der Waals surface area contributed by atoms with Crippen molar-refractivity contribution in [3.63, 3.8) is 0 Å². The third-order valence-corrected chi connectivity index (χ3v) is 4.83. The molecule has 0 bridgehead atoms. The number of benzene rings is 1. The lowest BCUT2D eigenvalue weighted by atomic mass is 9.98. The number of nitriles is 1. The summed E-state index contributed by atoms with van der Waals surface area (Å²) < 4.78 is 17.6. The number of nitrogens with one attached hydrogen (secondary N) is 2. The zero-order valence-corrected chi connectivity index (χ0v) is 18.1. The van der Waals surface area contributed by atoms with Gasteiger partial charge >= 0.3 is 0 Å². The number of hydrogen-bond acceptors (Lipinski definition) is 7. The number of nitrogens with zero attached hydrogens (tertiary/aromatic N) is 4. The van der Waals surface area contributed by atoms with E-state index in [2.05, 4.69) is 33.0 Å². The maximum absolute atomic E-state index is 14.4. The molecular formula is C21H27FN6S. The van der Waals surface area contributed by atoms with Gasteiger partial charge in [0.05, 0.1) is 23.8 Å². The first-order valence-electron chi connectivity index (χ1n) is 9.51. The predicted octanol–water partition coefficient (Wildman–Crippen LogP) is 4.48. The Morgan fingerprint density at radius 3 is 2.66 bits per heavy atom. The van der Waals surface area contributed by atoms with E-state index < -0.39 is 5.82 Å². The van der Waals surface area contributed by atoms with Crippen molar-refractivity contribution in [3.8, 4) is 6.07 Å². The van der Waals surface area contributed by atoms with E-state index in [1.807, 2.05) is 25.9 Å². The van der Waals surface area contributed by atoms with E-state index in [0.717, 1.165) is 17.9 Å². The Morgan fingerprint density at radius 2 is 2.00 bits per heavy atom. The SMILES string of the molecule is CCCSNc1ccc(F)c(NC2=C(C#N)/C(=N/CN(C)C)C(=NCC)C=C2)c1. The number of hydrogen-bond donors (Lipinski definition) is 2. The zero-order valence-electron chi connectivity index (χ0n) is 17.3. The second kappa shape index (κ2) is 11.4. The number of allylic oxidation sites excluding steroid dienone is 3. The molecule has 1 aromatic rings. The van der Waals surface area contributed by atoms with Gasteiger partial charge in [-0.2, -0.15) is 5.26 Å². The monoisotopic (exact) mass is 414 g/mol. The summed E-state index contributed by atoms with van der Waals surface area (Å²) in [6.45, 7) is 5.04. The Hall–Kier alpha value is -2.63. The van der Waals surface area contributed by atoms with E-state index in [9.17, 15) is 9.65 Å². The average Bonchev–Trinajstić information content (AvgIpc) is 2.70. The van der Waals surface area contributed by atoms with E-state index in [-0.39, 0.29) is 0 Å². The molecule has 0 aromatic heterocycles. The van der Waals surface area contributed by atoms with Crippen LogP contribution >= 0.6 is 11.9 Å². The summed E-state index contributed by atoms with van der Waals surface area (Å²) in [6.07, 6.45) is 4.59. The van der Waals surface area contributed by atoms with Gasteiger partial charge in [0, 0.05) is 18.0 Å². The molecule has 2 rings (SSSR count). The molecule has 0 fully saturated rings. The van der Waals surface area contributed by atoms with Crippen molar-refractivity contribution in [3.05, 3.63) is 47.4 Å². The summed E-state index contributed by atoms with van der Waals surface area (Å²) in [6, 6.07) is 6.99. The largest absolute Gasteiger partial charge is 0.352 e. The molecule has 0 unspecified atom stereocenters. The normalized spacial score (nSPS) is 16.6. The van der Waals surface area contributed by atoms with E-state index in [1.54, 1.807) is 36.2 Å². The molecule has 0 amide bonds. The number of aliphatic imine (C=N–C) groups is 2. The lowest BCUT2D eigenvalue weighted by Gasteiger charge is -2.18. The van der Waals surface area contributed by atoms with Crippen LogP contribution in [0.5, 0.6) is 0 Å². The minimum atomic E-state index is -0.394. The molecule has 0 atom stereocenters. The Kier molecular flexibility index (Phi) is 8.90. The number of halogens is 1. The summed E-state index contributed by atoms with van der Waals surface area (Å²) in [4.78, 5) is 10.9. The Balaban J connectivity index is 2.37. The molecule has 0 heterocycles. The van der Waals surface area contributed by atoms with Gasteiger partial charge in [-0.05, 0) is 57.8 Å². The van der Waals surface area contributed by atoms with Crippen molar-refractivity contribution in [1.29, 1.82) is 5.26 Å². The molecule has 0 saturated carbocycles. The number of anilines is 2. The average molecular weight is 415 g/mol. The second-order valence-corrected chi connectivity index (χ2v) is 7.49. The fraction of sp³-hybridized carbons (Fsp3) is 0.381. The smallest absolute Gasteiger partial charge is 0.146 e. The minimum absolute atomic E-state index is 0.294. The third kappa shape index (κ3) is 6.44. The molecule has 1 aromatic carbocycles. The van der Waals surface area contributed by atoms with E-state index in [1.165, 1.54) is 6.07 Å². The van der Waals surface area contributed by atoms with Crippen LogP contribution in [0, 0.1) is 17.1 Å². The van der Waals surface area contributed by atoms with Crippen LogP contribution in [-0.2, 0) is 0 Å². The first kappa shape index (κ1) is 22.7. The highest BCUT2D eigenvalue weighted by Gasteiger charge is 2.21. The van der Waals surface area contributed by atoms with Gasteiger partial charge in [-0.1, -0.05) is 18.9 Å². The second-order valence-electron chi connectivity index (χ2n) is 6.59. The van der Waals surface area contributed by atoms with Crippen molar-refractivity contribution >= 4 is 34.7 Å². The lowest BCUT2D eigenvalue weighted by molar-refractivity contribution is 0.425. The topological polar surface area (TPSA) is 75.8 Å². The lowest BCUT2D eigenvalue weighted by Crippen LogP contribution is -2.24. The molecule has 0 aliphatic heterocycles. The molecule has 0 spiro atoms. The molecule has 8 heteroatoms. The van der Waals surface area contributed by atoms with Gasteiger partial charge in [0.15, 0.2) is 0 Å². The van der Waals surface area contributed by atoms with Crippen LogP contribution < -0.4 is 10.0 Å². The Labute approximate surface area is 176 Å². The highest BCUT2D eigenvalue weighted by molar-refractivity contribution is 8.00. The third-order valence-electron chi connectivity index (χ3n) is 3.84. The molecule has 2 N–H and O–H groups in total. The fourth-order valence-electron chi connectivity index (χ4n) is 2.53. The van der Waals surface area contributed by atoms with Gasteiger partial charge in [-0.25, -0.2) is 4.39 Å². The predicted molar refractivity (Wildman–Crippen MR) is 122 cm³/mol. The van der Waals surface area contributed by atoms with Gasteiger partial charge in [0.2, 0.25) is 0 Å². The number of rotatable bonds is 9.